The van der Waals surface area contributed by atoms with Gasteiger partial charge in [-0.2, -0.15) is 0 Å². The van der Waals surface area contributed by atoms with Gasteiger partial charge >= 0.3 is 12.1 Å². The predicted octanol–water partition coefficient (Wildman–Crippen LogP) is 3.39. The van der Waals surface area contributed by atoms with Crippen molar-refractivity contribution in [3.05, 3.63) is 35.4 Å². The molecule has 0 spiro atoms. The molecule has 0 aromatic heterocycles. The molecule has 7 heteroatoms. The number of carbonyl (C=O) groups excluding carboxylic acids is 1. The maximum absolute atomic E-state index is 14.0. The third-order valence-corrected chi connectivity index (χ3v) is 3.94. The van der Waals surface area contributed by atoms with Gasteiger partial charge in [0.2, 0.25) is 0 Å². The molecule has 24 heavy (non-hydrogen) atoms. The standard InChI is InChI=1S/C17H21F2NO4/c1-17(2,3)24-16(23)20-7-6-11(13(9-20)15(21)22)12-5-4-10(18)8-14(12)19/h4-5,8,11,13H,6-7,9H2,1-3H3,(H,21,22)/t11-,13+/m1/s1. The van der Waals surface area contributed by atoms with Crippen LogP contribution in [0.1, 0.15) is 38.7 Å². The molecule has 132 valence electrons. The second kappa shape index (κ2) is 6.75. The molecule has 1 aliphatic rings. The highest BCUT2D eigenvalue weighted by Crippen LogP contribution is 2.35. The lowest BCUT2D eigenvalue weighted by Crippen LogP contribution is -2.47. The molecule has 0 radical (unpaired) electrons. The normalized spacial score (nSPS) is 21.5. The zero-order valence-electron chi connectivity index (χ0n) is 13.9. The minimum absolute atomic E-state index is 0.0776. The van der Waals surface area contributed by atoms with E-state index in [1.165, 1.54) is 11.0 Å². The second-order valence-electron chi connectivity index (χ2n) is 6.93. The number of carboxylic acids is 1. The first-order valence-electron chi connectivity index (χ1n) is 7.74. The Kier molecular flexibility index (Phi) is 5.11. The van der Waals surface area contributed by atoms with E-state index in [1.54, 1.807) is 20.8 Å². The summed E-state index contributed by atoms with van der Waals surface area (Å²) < 4.78 is 32.3. The SMILES string of the molecule is CC(C)(C)OC(=O)N1CC[C@H](c2ccc(F)cc2F)[C@@H](C(=O)O)C1. The number of benzene rings is 1. The number of hydrogen-bond donors (Lipinski definition) is 1. The number of rotatable bonds is 2. The van der Waals surface area contributed by atoms with Crippen LogP contribution >= 0.6 is 0 Å². The summed E-state index contributed by atoms with van der Waals surface area (Å²) in [6.45, 7) is 5.34. The van der Waals surface area contributed by atoms with Crippen LogP contribution in [0.15, 0.2) is 18.2 Å². The van der Waals surface area contributed by atoms with Gasteiger partial charge in [0.1, 0.15) is 17.2 Å². The van der Waals surface area contributed by atoms with Crippen LogP contribution < -0.4 is 0 Å². The molecular formula is C17H21F2NO4. The zero-order valence-corrected chi connectivity index (χ0v) is 13.9. The van der Waals surface area contributed by atoms with Gasteiger partial charge < -0.3 is 14.7 Å². The molecule has 1 aliphatic heterocycles. The maximum atomic E-state index is 14.0. The topological polar surface area (TPSA) is 66.8 Å². The van der Waals surface area contributed by atoms with Crippen LogP contribution in [-0.2, 0) is 9.53 Å². The predicted molar refractivity (Wildman–Crippen MR) is 82.6 cm³/mol. The molecular weight excluding hydrogens is 320 g/mol. The molecule has 1 aromatic rings. The van der Waals surface area contributed by atoms with Crippen LogP contribution in [0.3, 0.4) is 0 Å². The number of amides is 1. The number of likely N-dealkylation sites (tertiary alicyclic amines) is 1. The van der Waals surface area contributed by atoms with Gasteiger partial charge in [0.25, 0.3) is 0 Å². The molecule has 0 bridgehead atoms. The highest BCUT2D eigenvalue weighted by atomic mass is 19.1. The molecule has 1 aromatic carbocycles. The van der Waals surface area contributed by atoms with Gasteiger partial charge in [0.05, 0.1) is 5.92 Å². The molecule has 1 fully saturated rings. The Labute approximate surface area is 139 Å². The number of carbonyl (C=O) groups is 2. The van der Waals surface area contributed by atoms with Crippen LogP contribution in [0.25, 0.3) is 0 Å². The summed E-state index contributed by atoms with van der Waals surface area (Å²) in [5.74, 6) is -4.21. The third kappa shape index (κ3) is 4.21. The number of aliphatic carboxylic acids is 1. The van der Waals surface area contributed by atoms with Crippen molar-refractivity contribution in [2.75, 3.05) is 13.1 Å². The average Bonchev–Trinajstić information content (AvgIpc) is 2.45. The van der Waals surface area contributed by atoms with Crippen LogP contribution in [0.4, 0.5) is 13.6 Å². The van der Waals surface area contributed by atoms with Crippen molar-refractivity contribution in [3.8, 4) is 0 Å². The highest BCUT2D eigenvalue weighted by molar-refractivity contribution is 5.74. The van der Waals surface area contributed by atoms with Crippen LogP contribution in [0, 0.1) is 17.6 Å². The molecule has 1 N–H and O–H groups in total. The average molecular weight is 341 g/mol. The van der Waals surface area contributed by atoms with E-state index in [9.17, 15) is 23.5 Å². The molecule has 2 rings (SSSR count). The number of hydrogen-bond acceptors (Lipinski definition) is 3. The van der Waals surface area contributed by atoms with E-state index in [0.29, 0.717) is 0 Å². The molecule has 2 atom stereocenters. The smallest absolute Gasteiger partial charge is 0.410 e. The Hall–Kier alpha value is -2.18. The van der Waals surface area contributed by atoms with Gasteiger partial charge in [0, 0.05) is 25.1 Å². The van der Waals surface area contributed by atoms with Gasteiger partial charge in [-0.1, -0.05) is 6.07 Å². The molecule has 0 aliphatic carbocycles. The van der Waals surface area contributed by atoms with Crippen molar-refractivity contribution >= 4 is 12.1 Å². The first kappa shape index (κ1) is 18.2. The van der Waals surface area contributed by atoms with Gasteiger partial charge in [-0.05, 0) is 38.8 Å². The summed E-state index contributed by atoms with van der Waals surface area (Å²) in [5.41, 5.74) is -0.525. The molecule has 0 unspecified atom stereocenters. The van der Waals surface area contributed by atoms with Crippen molar-refractivity contribution in [2.24, 2.45) is 5.92 Å². The fraction of sp³-hybridized carbons (Fsp3) is 0.529. The first-order chi connectivity index (χ1) is 11.1. The van der Waals surface area contributed by atoms with Gasteiger partial charge in [-0.15, -0.1) is 0 Å². The number of nitrogens with zero attached hydrogens (tertiary/aromatic N) is 1. The van der Waals surface area contributed by atoms with E-state index in [4.69, 9.17) is 4.74 Å². The number of ether oxygens (including phenoxy) is 1. The quantitative estimate of drug-likeness (QED) is 0.895. The number of carboxylic acid groups (broad SMARTS) is 1. The summed E-state index contributed by atoms with van der Waals surface area (Å²) in [4.78, 5) is 25.0. The van der Waals surface area contributed by atoms with Gasteiger partial charge in [-0.3, -0.25) is 4.79 Å². The second-order valence-corrected chi connectivity index (χ2v) is 6.93. The Morgan fingerprint density at radius 2 is 1.96 bits per heavy atom. The van der Waals surface area contributed by atoms with Crippen molar-refractivity contribution in [1.82, 2.24) is 4.90 Å². The Morgan fingerprint density at radius 1 is 1.29 bits per heavy atom. The van der Waals surface area contributed by atoms with E-state index < -0.39 is 41.1 Å². The molecule has 1 saturated heterocycles. The summed E-state index contributed by atoms with van der Waals surface area (Å²) in [6, 6.07) is 3.13. The lowest BCUT2D eigenvalue weighted by molar-refractivity contribution is -0.144. The van der Waals surface area contributed by atoms with Gasteiger partial charge in [0.15, 0.2) is 0 Å². The molecule has 5 nitrogen and oxygen atoms in total. The lowest BCUT2D eigenvalue weighted by atomic mass is 9.80. The van der Waals surface area contributed by atoms with Crippen molar-refractivity contribution in [1.29, 1.82) is 0 Å². The minimum atomic E-state index is -1.13. The van der Waals surface area contributed by atoms with Crippen molar-refractivity contribution in [2.45, 2.75) is 38.7 Å². The largest absolute Gasteiger partial charge is 0.481 e. The zero-order chi connectivity index (χ0) is 18.1. The monoisotopic (exact) mass is 341 g/mol. The number of piperidine rings is 1. The van der Waals surface area contributed by atoms with E-state index >= 15 is 0 Å². The Bertz CT molecular complexity index is 642. The Balaban J connectivity index is 2.20. The third-order valence-electron chi connectivity index (χ3n) is 3.94. The molecule has 1 amide bonds. The van der Waals surface area contributed by atoms with Crippen LogP contribution in [0.5, 0.6) is 0 Å². The summed E-state index contributed by atoms with van der Waals surface area (Å²) in [6.07, 6.45) is -0.328. The lowest BCUT2D eigenvalue weighted by Gasteiger charge is -2.37. The van der Waals surface area contributed by atoms with E-state index in [0.717, 1.165) is 12.1 Å². The van der Waals surface area contributed by atoms with E-state index in [-0.39, 0.29) is 25.1 Å². The summed E-state index contributed by atoms with van der Waals surface area (Å²) in [7, 11) is 0. The summed E-state index contributed by atoms with van der Waals surface area (Å²) >= 11 is 0. The van der Waals surface area contributed by atoms with E-state index in [2.05, 4.69) is 0 Å². The highest BCUT2D eigenvalue weighted by Gasteiger charge is 2.39. The summed E-state index contributed by atoms with van der Waals surface area (Å²) in [5, 5.41) is 9.47. The molecule has 0 saturated carbocycles. The maximum Gasteiger partial charge on any atom is 0.410 e. The number of halogens is 2. The van der Waals surface area contributed by atoms with Gasteiger partial charge in [-0.25, -0.2) is 13.6 Å². The molecule has 1 heterocycles. The van der Waals surface area contributed by atoms with Crippen molar-refractivity contribution < 1.29 is 28.2 Å². The fourth-order valence-electron chi connectivity index (χ4n) is 2.87. The van der Waals surface area contributed by atoms with E-state index in [1.807, 2.05) is 0 Å². The Morgan fingerprint density at radius 3 is 2.50 bits per heavy atom. The van der Waals surface area contributed by atoms with Crippen molar-refractivity contribution in [3.63, 3.8) is 0 Å². The van der Waals surface area contributed by atoms with Crippen LogP contribution in [0.2, 0.25) is 0 Å². The minimum Gasteiger partial charge on any atom is -0.481 e. The first-order valence-corrected chi connectivity index (χ1v) is 7.74. The fourth-order valence-corrected chi connectivity index (χ4v) is 2.87. The van der Waals surface area contributed by atoms with Crippen LogP contribution in [-0.4, -0.2) is 40.8 Å².